The fourth-order valence-electron chi connectivity index (χ4n) is 1.92. The lowest BCUT2D eigenvalue weighted by molar-refractivity contribution is 0.0816. The highest BCUT2D eigenvalue weighted by atomic mass is 32.1. The molecule has 0 fully saturated rings. The molecule has 1 aromatic carbocycles. The molecule has 0 bridgehead atoms. The minimum Gasteiger partial charge on any atom is -0.342 e. The maximum absolute atomic E-state index is 12.1. The van der Waals surface area contributed by atoms with Crippen molar-refractivity contribution in [1.29, 1.82) is 0 Å². The molecule has 6 heteroatoms. The molecular weight excluding hydrogens is 284 g/mol. The molecule has 0 saturated carbocycles. The van der Waals surface area contributed by atoms with Crippen molar-refractivity contribution in [3.05, 3.63) is 53.7 Å². The fraction of sp³-hybridized carbons (Fsp3) is 0.133. The summed E-state index contributed by atoms with van der Waals surface area (Å²) in [5.74, 6) is 0.677. The molecule has 0 aliphatic carbocycles. The van der Waals surface area contributed by atoms with Crippen molar-refractivity contribution in [2.24, 2.45) is 0 Å². The Labute approximate surface area is 126 Å². The van der Waals surface area contributed by atoms with E-state index in [9.17, 15) is 4.79 Å². The van der Waals surface area contributed by atoms with E-state index < -0.39 is 0 Å². The van der Waals surface area contributed by atoms with Crippen molar-refractivity contribution in [2.75, 3.05) is 14.1 Å². The van der Waals surface area contributed by atoms with Gasteiger partial charge >= 0.3 is 0 Å². The summed E-state index contributed by atoms with van der Waals surface area (Å²) in [6, 6.07) is 13.6. The Bertz CT molecular complexity index is 747. The molecule has 106 valence electrons. The first-order valence-electron chi connectivity index (χ1n) is 6.45. The van der Waals surface area contributed by atoms with Crippen LogP contribution in [0.3, 0.4) is 0 Å². The number of carbonyl (C=O) groups is 1. The molecule has 1 amide bonds. The monoisotopic (exact) mass is 298 g/mol. The van der Waals surface area contributed by atoms with E-state index in [0.29, 0.717) is 5.82 Å². The van der Waals surface area contributed by atoms with Crippen LogP contribution in [0.4, 0.5) is 0 Å². The van der Waals surface area contributed by atoms with Crippen molar-refractivity contribution >= 4 is 17.2 Å². The zero-order chi connectivity index (χ0) is 14.8. The predicted octanol–water partition coefficient (Wildman–Crippen LogP) is 2.70. The Kier molecular flexibility index (Phi) is 3.53. The summed E-state index contributed by atoms with van der Waals surface area (Å²) in [5, 5.41) is 6.36. The average molecular weight is 298 g/mol. The highest BCUT2D eigenvalue weighted by molar-refractivity contribution is 7.13. The van der Waals surface area contributed by atoms with Gasteiger partial charge in [0.05, 0.1) is 10.6 Å². The van der Waals surface area contributed by atoms with E-state index in [4.69, 9.17) is 0 Å². The Morgan fingerprint density at radius 3 is 2.52 bits per heavy atom. The van der Waals surface area contributed by atoms with E-state index in [1.165, 1.54) is 4.90 Å². The predicted molar refractivity (Wildman–Crippen MR) is 82.7 cm³/mol. The first-order chi connectivity index (χ1) is 10.2. The van der Waals surface area contributed by atoms with E-state index in [0.717, 1.165) is 10.6 Å². The molecule has 0 spiro atoms. The Morgan fingerprint density at radius 2 is 1.90 bits per heavy atom. The molecule has 0 aliphatic rings. The van der Waals surface area contributed by atoms with E-state index in [1.807, 2.05) is 47.8 Å². The van der Waals surface area contributed by atoms with Crippen LogP contribution >= 0.6 is 11.3 Å². The molecule has 5 nitrogen and oxygen atoms in total. The van der Waals surface area contributed by atoms with Crippen LogP contribution in [-0.2, 0) is 0 Å². The largest absolute Gasteiger partial charge is 0.342 e. The first kappa shape index (κ1) is 13.5. The highest BCUT2D eigenvalue weighted by Gasteiger charge is 2.20. The van der Waals surface area contributed by atoms with E-state index in [1.54, 1.807) is 30.1 Å². The lowest BCUT2D eigenvalue weighted by atomic mass is 10.3. The van der Waals surface area contributed by atoms with Gasteiger partial charge in [0.2, 0.25) is 5.82 Å². The Hall–Kier alpha value is -2.47. The summed E-state index contributed by atoms with van der Waals surface area (Å²) in [5.41, 5.74) is 0.881. The van der Waals surface area contributed by atoms with Gasteiger partial charge in [-0.3, -0.25) is 4.79 Å². The quantitative estimate of drug-likeness (QED) is 0.747. The lowest BCUT2D eigenvalue weighted by Crippen LogP contribution is -2.23. The number of benzene rings is 1. The van der Waals surface area contributed by atoms with Gasteiger partial charge < -0.3 is 4.90 Å². The van der Waals surface area contributed by atoms with Crippen molar-refractivity contribution in [3.63, 3.8) is 0 Å². The maximum Gasteiger partial charge on any atom is 0.293 e. The van der Waals surface area contributed by atoms with Crippen molar-refractivity contribution in [1.82, 2.24) is 19.7 Å². The molecule has 2 heterocycles. The molecule has 0 unspecified atom stereocenters. The molecule has 2 aromatic heterocycles. The normalized spacial score (nSPS) is 10.6. The highest BCUT2D eigenvalue weighted by Crippen LogP contribution is 2.25. The summed E-state index contributed by atoms with van der Waals surface area (Å²) in [6.45, 7) is 0. The van der Waals surface area contributed by atoms with Gasteiger partial charge in [-0.15, -0.1) is 16.4 Å². The van der Waals surface area contributed by atoms with Crippen LogP contribution in [0.1, 0.15) is 10.6 Å². The minimum atomic E-state index is -0.206. The molecule has 0 aliphatic heterocycles. The number of aromatic nitrogens is 3. The van der Waals surface area contributed by atoms with Gasteiger partial charge in [0.15, 0.2) is 5.82 Å². The van der Waals surface area contributed by atoms with Crippen molar-refractivity contribution < 1.29 is 4.79 Å². The number of carbonyl (C=O) groups excluding carboxylic acids is 1. The summed E-state index contributed by atoms with van der Waals surface area (Å²) in [6.07, 6.45) is 0. The summed E-state index contributed by atoms with van der Waals surface area (Å²) >= 11 is 1.57. The van der Waals surface area contributed by atoms with Gasteiger partial charge in [0.25, 0.3) is 5.91 Å². The second-order valence-corrected chi connectivity index (χ2v) is 5.63. The smallest absolute Gasteiger partial charge is 0.293 e. The van der Waals surface area contributed by atoms with Gasteiger partial charge in [-0.1, -0.05) is 24.3 Å². The molecule has 0 radical (unpaired) electrons. The van der Waals surface area contributed by atoms with E-state index in [2.05, 4.69) is 10.1 Å². The van der Waals surface area contributed by atoms with Crippen LogP contribution in [0.5, 0.6) is 0 Å². The van der Waals surface area contributed by atoms with Crippen LogP contribution in [0.2, 0.25) is 0 Å². The van der Waals surface area contributed by atoms with E-state index in [-0.39, 0.29) is 11.7 Å². The van der Waals surface area contributed by atoms with Gasteiger partial charge in [-0.05, 0) is 23.6 Å². The SMILES string of the molecule is CN(C)C(=O)c1nc(-c2cccs2)n(-c2ccccc2)n1. The number of rotatable bonds is 3. The van der Waals surface area contributed by atoms with Gasteiger partial charge in [-0.2, -0.15) is 0 Å². The third-order valence-electron chi connectivity index (χ3n) is 2.95. The number of thiophene rings is 1. The van der Waals surface area contributed by atoms with Crippen molar-refractivity contribution in [2.45, 2.75) is 0 Å². The van der Waals surface area contributed by atoms with Crippen LogP contribution in [0, 0.1) is 0 Å². The van der Waals surface area contributed by atoms with E-state index >= 15 is 0 Å². The average Bonchev–Trinajstić information content (AvgIpc) is 3.16. The molecule has 3 rings (SSSR count). The third kappa shape index (κ3) is 2.57. The number of para-hydroxylation sites is 1. The number of hydrogen-bond acceptors (Lipinski definition) is 4. The fourth-order valence-corrected chi connectivity index (χ4v) is 2.62. The van der Waals surface area contributed by atoms with Crippen LogP contribution in [-0.4, -0.2) is 39.7 Å². The summed E-state index contributed by atoms with van der Waals surface area (Å²) in [7, 11) is 3.38. The Morgan fingerprint density at radius 1 is 1.14 bits per heavy atom. The van der Waals surface area contributed by atoms with Crippen molar-refractivity contribution in [3.8, 4) is 16.4 Å². The van der Waals surface area contributed by atoms with Gasteiger partial charge in [0, 0.05) is 14.1 Å². The van der Waals surface area contributed by atoms with Gasteiger partial charge in [-0.25, -0.2) is 9.67 Å². The number of amides is 1. The summed E-state index contributed by atoms with van der Waals surface area (Å²) in [4.78, 5) is 19.0. The number of nitrogens with zero attached hydrogens (tertiary/aromatic N) is 4. The molecule has 3 aromatic rings. The lowest BCUT2D eigenvalue weighted by Gasteiger charge is -2.05. The Balaban J connectivity index is 2.15. The maximum atomic E-state index is 12.1. The second kappa shape index (κ2) is 5.49. The molecule has 21 heavy (non-hydrogen) atoms. The van der Waals surface area contributed by atoms with Crippen LogP contribution < -0.4 is 0 Å². The topological polar surface area (TPSA) is 51.0 Å². The van der Waals surface area contributed by atoms with Crippen LogP contribution in [0.25, 0.3) is 16.4 Å². The summed E-state index contributed by atoms with van der Waals surface area (Å²) < 4.78 is 1.71. The molecular formula is C15H14N4OS. The zero-order valence-electron chi connectivity index (χ0n) is 11.7. The minimum absolute atomic E-state index is 0.201. The second-order valence-electron chi connectivity index (χ2n) is 4.68. The molecule has 0 N–H and O–H groups in total. The first-order valence-corrected chi connectivity index (χ1v) is 7.33. The standard InChI is InChI=1S/C15H14N4OS/c1-18(2)15(20)13-16-14(12-9-6-10-21-12)19(17-13)11-7-4-3-5-8-11/h3-10H,1-2H3. The third-order valence-corrected chi connectivity index (χ3v) is 3.81. The molecule has 0 saturated heterocycles. The van der Waals surface area contributed by atoms with Gasteiger partial charge in [0.1, 0.15) is 0 Å². The van der Waals surface area contributed by atoms with Crippen LogP contribution in [0.15, 0.2) is 47.8 Å². The zero-order valence-corrected chi connectivity index (χ0v) is 12.5. The number of hydrogen-bond donors (Lipinski definition) is 0. The molecule has 0 atom stereocenters.